The predicted octanol–water partition coefficient (Wildman–Crippen LogP) is 4.54. The van der Waals surface area contributed by atoms with Crippen LogP contribution in [0.15, 0.2) is 42.7 Å². The molecule has 0 saturated heterocycles. The van der Waals surface area contributed by atoms with Crippen LogP contribution in [0, 0.1) is 0 Å². The monoisotopic (exact) mass is 262 g/mol. The second-order valence-electron chi connectivity index (χ2n) is 3.81. The number of pyridine rings is 1. The van der Waals surface area contributed by atoms with E-state index in [1.807, 2.05) is 24.3 Å². The highest BCUT2D eigenvalue weighted by Crippen LogP contribution is 2.26. The zero-order chi connectivity index (χ0) is 11.8. The molecule has 0 aliphatic heterocycles. The number of nitrogens with one attached hydrogen (secondary N) is 1. The zero-order valence-electron chi connectivity index (χ0n) is 8.74. The lowest BCUT2D eigenvalue weighted by molar-refractivity contribution is 1.31. The van der Waals surface area contributed by atoms with E-state index < -0.39 is 0 Å². The van der Waals surface area contributed by atoms with E-state index >= 15 is 0 Å². The van der Waals surface area contributed by atoms with Crippen molar-refractivity contribution >= 4 is 34.1 Å². The average molecular weight is 263 g/mol. The molecular formula is C13H8Cl2N2. The Morgan fingerprint density at radius 3 is 2.65 bits per heavy atom. The van der Waals surface area contributed by atoms with Crippen molar-refractivity contribution in [2.24, 2.45) is 0 Å². The molecule has 0 radical (unpaired) electrons. The largest absolute Gasteiger partial charge is 0.354 e. The standard InChI is InChI=1S/C13H8Cl2N2/c14-10-2-1-8-4-12(17-13(8)5-10)9-3-11(15)7-16-6-9/h1-7,17H. The van der Waals surface area contributed by atoms with Crippen molar-refractivity contribution in [1.29, 1.82) is 0 Å². The minimum atomic E-state index is 0.624. The lowest BCUT2D eigenvalue weighted by Gasteiger charge is -1.96. The maximum absolute atomic E-state index is 5.95. The lowest BCUT2D eigenvalue weighted by Crippen LogP contribution is -1.79. The topological polar surface area (TPSA) is 28.7 Å². The van der Waals surface area contributed by atoms with Gasteiger partial charge >= 0.3 is 0 Å². The molecule has 4 heteroatoms. The highest BCUT2D eigenvalue weighted by atomic mass is 35.5. The number of aromatic amines is 1. The Morgan fingerprint density at radius 1 is 0.941 bits per heavy atom. The molecule has 3 rings (SSSR count). The number of rotatable bonds is 1. The molecule has 0 saturated carbocycles. The molecule has 0 unspecified atom stereocenters. The zero-order valence-corrected chi connectivity index (χ0v) is 10.3. The van der Waals surface area contributed by atoms with Gasteiger partial charge in [-0.05, 0) is 24.3 Å². The fraction of sp³-hybridized carbons (Fsp3) is 0. The number of aromatic nitrogens is 2. The molecule has 1 aromatic carbocycles. The van der Waals surface area contributed by atoms with Gasteiger partial charge in [-0.25, -0.2) is 0 Å². The molecule has 0 bridgehead atoms. The first kappa shape index (κ1) is 10.6. The quantitative estimate of drug-likeness (QED) is 0.686. The van der Waals surface area contributed by atoms with Gasteiger partial charge in [-0.2, -0.15) is 0 Å². The number of benzene rings is 1. The highest BCUT2D eigenvalue weighted by Gasteiger charge is 2.04. The van der Waals surface area contributed by atoms with Crippen molar-refractivity contribution in [3.8, 4) is 11.3 Å². The second-order valence-corrected chi connectivity index (χ2v) is 4.68. The summed E-state index contributed by atoms with van der Waals surface area (Å²) >= 11 is 11.9. The summed E-state index contributed by atoms with van der Waals surface area (Å²) in [6, 6.07) is 9.69. The molecule has 0 fully saturated rings. The SMILES string of the molecule is Clc1cncc(-c2cc3ccc(Cl)cc3[nH]2)c1. The number of halogens is 2. The van der Waals surface area contributed by atoms with Crippen LogP contribution in [-0.4, -0.2) is 9.97 Å². The number of hydrogen-bond donors (Lipinski definition) is 1. The van der Waals surface area contributed by atoms with Crippen molar-refractivity contribution in [2.45, 2.75) is 0 Å². The van der Waals surface area contributed by atoms with E-state index in [2.05, 4.69) is 16.0 Å². The molecule has 0 amide bonds. The van der Waals surface area contributed by atoms with Crippen molar-refractivity contribution in [3.63, 3.8) is 0 Å². The van der Waals surface area contributed by atoms with Gasteiger partial charge in [0.05, 0.1) is 5.02 Å². The van der Waals surface area contributed by atoms with Gasteiger partial charge in [0.25, 0.3) is 0 Å². The summed E-state index contributed by atoms with van der Waals surface area (Å²) in [6.45, 7) is 0. The molecule has 0 aliphatic carbocycles. The van der Waals surface area contributed by atoms with Crippen molar-refractivity contribution in [2.75, 3.05) is 0 Å². The fourth-order valence-electron chi connectivity index (χ4n) is 1.81. The predicted molar refractivity (Wildman–Crippen MR) is 71.5 cm³/mol. The Kier molecular flexibility index (Phi) is 2.54. The second kappa shape index (κ2) is 4.06. The van der Waals surface area contributed by atoms with Crippen LogP contribution in [0.3, 0.4) is 0 Å². The van der Waals surface area contributed by atoms with Crippen LogP contribution in [-0.2, 0) is 0 Å². The Balaban J connectivity index is 2.18. The summed E-state index contributed by atoms with van der Waals surface area (Å²) < 4.78 is 0. The maximum Gasteiger partial charge on any atom is 0.0596 e. The Labute approximate surface area is 108 Å². The summed E-state index contributed by atoms with van der Waals surface area (Å²) in [7, 11) is 0. The number of H-pyrrole nitrogens is 1. The van der Waals surface area contributed by atoms with E-state index in [1.165, 1.54) is 0 Å². The van der Waals surface area contributed by atoms with Gasteiger partial charge in [0.1, 0.15) is 0 Å². The van der Waals surface area contributed by atoms with Crippen LogP contribution < -0.4 is 0 Å². The molecule has 2 aromatic heterocycles. The van der Waals surface area contributed by atoms with Crippen LogP contribution in [0.4, 0.5) is 0 Å². The molecule has 2 nitrogen and oxygen atoms in total. The van der Waals surface area contributed by atoms with Crippen LogP contribution in [0.1, 0.15) is 0 Å². The van der Waals surface area contributed by atoms with Crippen molar-refractivity contribution in [1.82, 2.24) is 9.97 Å². The summed E-state index contributed by atoms with van der Waals surface area (Å²) in [5, 5.41) is 2.46. The molecule has 0 atom stereocenters. The molecule has 84 valence electrons. The van der Waals surface area contributed by atoms with E-state index in [9.17, 15) is 0 Å². The van der Waals surface area contributed by atoms with Gasteiger partial charge in [0, 0.05) is 39.6 Å². The van der Waals surface area contributed by atoms with Gasteiger partial charge in [-0.3, -0.25) is 4.98 Å². The van der Waals surface area contributed by atoms with Crippen molar-refractivity contribution < 1.29 is 0 Å². The van der Waals surface area contributed by atoms with Crippen LogP contribution >= 0.6 is 23.2 Å². The third kappa shape index (κ3) is 2.02. The fourth-order valence-corrected chi connectivity index (χ4v) is 2.16. The number of nitrogens with zero attached hydrogens (tertiary/aromatic N) is 1. The molecule has 0 aliphatic rings. The Morgan fingerprint density at radius 2 is 1.82 bits per heavy atom. The summed E-state index contributed by atoms with van der Waals surface area (Å²) in [4.78, 5) is 7.37. The minimum absolute atomic E-state index is 0.624. The van der Waals surface area contributed by atoms with Crippen molar-refractivity contribution in [3.05, 3.63) is 52.8 Å². The molecule has 3 aromatic rings. The first-order chi connectivity index (χ1) is 8.22. The minimum Gasteiger partial charge on any atom is -0.354 e. The first-order valence-electron chi connectivity index (χ1n) is 5.11. The van der Waals surface area contributed by atoms with Gasteiger partial charge < -0.3 is 4.98 Å². The summed E-state index contributed by atoms with van der Waals surface area (Å²) in [5.41, 5.74) is 2.95. The highest BCUT2D eigenvalue weighted by molar-refractivity contribution is 6.31. The smallest absolute Gasteiger partial charge is 0.0596 e. The van der Waals surface area contributed by atoms with Gasteiger partial charge in [-0.15, -0.1) is 0 Å². The van der Waals surface area contributed by atoms with Crippen LogP contribution in [0.2, 0.25) is 10.0 Å². The van der Waals surface area contributed by atoms with E-state index in [1.54, 1.807) is 12.4 Å². The molecule has 1 N–H and O–H groups in total. The third-order valence-electron chi connectivity index (χ3n) is 2.60. The third-order valence-corrected chi connectivity index (χ3v) is 3.04. The van der Waals surface area contributed by atoms with Gasteiger partial charge in [0.15, 0.2) is 0 Å². The molecule has 17 heavy (non-hydrogen) atoms. The summed E-state index contributed by atoms with van der Waals surface area (Å²) in [5.74, 6) is 0. The average Bonchev–Trinajstić information content (AvgIpc) is 2.72. The van der Waals surface area contributed by atoms with E-state index in [0.29, 0.717) is 5.02 Å². The number of hydrogen-bond acceptors (Lipinski definition) is 1. The van der Waals surface area contributed by atoms with Crippen LogP contribution in [0.5, 0.6) is 0 Å². The van der Waals surface area contributed by atoms with E-state index in [-0.39, 0.29) is 0 Å². The van der Waals surface area contributed by atoms with Crippen LogP contribution in [0.25, 0.3) is 22.2 Å². The normalized spacial score (nSPS) is 10.9. The lowest BCUT2D eigenvalue weighted by atomic mass is 10.2. The molecule has 2 heterocycles. The maximum atomic E-state index is 5.95. The molecular weight excluding hydrogens is 255 g/mol. The number of fused-ring (bicyclic) bond motifs is 1. The molecule has 0 spiro atoms. The summed E-state index contributed by atoms with van der Waals surface area (Å²) in [6.07, 6.45) is 3.39. The van der Waals surface area contributed by atoms with E-state index in [0.717, 1.165) is 27.2 Å². The van der Waals surface area contributed by atoms with E-state index in [4.69, 9.17) is 23.2 Å². The Bertz CT molecular complexity index is 689. The van der Waals surface area contributed by atoms with Gasteiger partial charge in [-0.1, -0.05) is 29.3 Å². The Hall–Kier alpha value is -1.51. The van der Waals surface area contributed by atoms with Gasteiger partial charge in [0.2, 0.25) is 0 Å². The first-order valence-corrected chi connectivity index (χ1v) is 5.87.